The number of hydrogen-bond acceptors (Lipinski definition) is 3. The van der Waals surface area contributed by atoms with Crippen LogP contribution in [-0.2, 0) is 0 Å². The molecule has 8 aromatic carbocycles. The maximum Gasteiger partial charge on any atom is 0.145 e. The molecule has 0 aliphatic rings. The van der Waals surface area contributed by atoms with Crippen LogP contribution in [0.15, 0.2) is 205 Å². The van der Waals surface area contributed by atoms with Crippen LogP contribution in [-0.4, -0.2) is 14.5 Å². The van der Waals surface area contributed by atoms with Crippen LogP contribution < -0.4 is 0 Å². The fourth-order valence-corrected chi connectivity index (χ4v) is 8.09. The van der Waals surface area contributed by atoms with Crippen molar-refractivity contribution in [1.82, 2.24) is 14.5 Å². The second-order valence-corrected chi connectivity index (χ2v) is 14.2. The van der Waals surface area contributed by atoms with Crippen molar-refractivity contribution in [2.45, 2.75) is 0 Å². The van der Waals surface area contributed by atoms with Gasteiger partial charge in [0.05, 0.1) is 11.2 Å². The molecule has 0 bridgehead atoms. The number of aromatic nitrogens is 3. The van der Waals surface area contributed by atoms with E-state index in [2.05, 4.69) is 187 Å². The van der Waals surface area contributed by atoms with Gasteiger partial charge >= 0.3 is 0 Å². The Hall–Kier alpha value is -7.56. The molecular formula is C52H33N3O. The van der Waals surface area contributed by atoms with Gasteiger partial charge in [0.1, 0.15) is 28.0 Å². The molecular weight excluding hydrogens is 683 g/mol. The fourth-order valence-electron chi connectivity index (χ4n) is 8.09. The topological polar surface area (TPSA) is 43.9 Å². The Bertz CT molecular complexity index is 3200. The molecule has 0 fully saturated rings. The molecule has 4 heteroatoms. The minimum Gasteiger partial charge on any atom is -0.455 e. The van der Waals surface area contributed by atoms with Gasteiger partial charge in [0.25, 0.3) is 0 Å². The lowest BCUT2D eigenvalue weighted by atomic mass is 9.94. The predicted molar refractivity (Wildman–Crippen MR) is 231 cm³/mol. The van der Waals surface area contributed by atoms with E-state index in [1.54, 1.807) is 0 Å². The Labute approximate surface area is 323 Å². The average Bonchev–Trinajstić information content (AvgIpc) is 3.87. The van der Waals surface area contributed by atoms with E-state index in [0.717, 1.165) is 100 Å². The molecule has 0 unspecified atom stereocenters. The molecule has 3 heterocycles. The summed E-state index contributed by atoms with van der Waals surface area (Å²) >= 11 is 0. The van der Waals surface area contributed by atoms with Crippen molar-refractivity contribution in [3.63, 3.8) is 0 Å². The highest BCUT2D eigenvalue weighted by atomic mass is 16.3. The summed E-state index contributed by atoms with van der Waals surface area (Å²) in [4.78, 5) is 10.7. The Morgan fingerprint density at radius 2 is 0.964 bits per heavy atom. The molecule has 11 rings (SSSR count). The molecule has 0 radical (unpaired) electrons. The number of fused-ring (bicyclic) bond motifs is 6. The van der Waals surface area contributed by atoms with E-state index < -0.39 is 0 Å². The summed E-state index contributed by atoms with van der Waals surface area (Å²) in [5, 5.41) is 3.22. The lowest BCUT2D eigenvalue weighted by molar-refractivity contribution is 0.670. The van der Waals surface area contributed by atoms with E-state index in [-0.39, 0.29) is 0 Å². The molecule has 262 valence electrons. The average molecular weight is 716 g/mol. The second-order valence-electron chi connectivity index (χ2n) is 14.2. The monoisotopic (exact) mass is 715 g/mol. The number of benzene rings is 8. The molecule has 0 saturated heterocycles. The van der Waals surface area contributed by atoms with Gasteiger partial charge in [-0.3, -0.25) is 4.57 Å². The zero-order valence-electron chi connectivity index (χ0n) is 30.3. The van der Waals surface area contributed by atoms with Gasteiger partial charge in [0.2, 0.25) is 0 Å². The molecule has 0 saturated carbocycles. The minimum atomic E-state index is 0.855. The van der Waals surface area contributed by atoms with E-state index in [0.29, 0.717) is 0 Å². The number of furan rings is 1. The first-order valence-electron chi connectivity index (χ1n) is 18.9. The highest BCUT2D eigenvalue weighted by Gasteiger charge is 2.22. The highest BCUT2D eigenvalue weighted by Crippen LogP contribution is 2.42. The quantitative estimate of drug-likeness (QED) is 0.172. The van der Waals surface area contributed by atoms with Gasteiger partial charge < -0.3 is 4.42 Å². The zero-order valence-corrected chi connectivity index (χ0v) is 30.3. The van der Waals surface area contributed by atoms with Gasteiger partial charge in [-0.05, 0) is 70.3 Å². The first-order chi connectivity index (χ1) is 27.8. The third-order valence-corrected chi connectivity index (χ3v) is 10.8. The fraction of sp³-hybridized carbons (Fsp3) is 0. The first kappa shape index (κ1) is 31.9. The molecule has 0 atom stereocenters. The van der Waals surface area contributed by atoms with Gasteiger partial charge in [-0.25, -0.2) is 9.97 Å². The number of para-hydroxylation sites is 2. The van der Waals surface area contributed by atoms with Crippen molar-refractivity contribution >= 4 is 43.9 Å². The Balaban J connectivity index is 1.12. The molecule has 11 aromatic rings. The van der Waals surface area contributed by atoms with Gasteiger partial charge in [-0.2, -0.15) is 0 Å². The van der Waals surface area contributed by atoms with Crippen molar-refractivity contribution in [3.8, 4) is 61.7 Å². The van der Waals surface area contributed by atoms with Crippen LogP contribution in [0.3, 0.4) is 0 Å². The van der Waals surface area contributed by atoms with Gasteiger partial charge in [-0.1, -0.05) is 158 Å². The van der Waals surface area contributed by atoms with Crippen LogP contribution in [0.25, 0.3) is 106 Å². The van der Waals surface area contributed by atoms with E-state index in [4.69, 9.17) is 14.4 Å². The van der Waals surface area contributed by atoms with Gasteiger partial charge in [0, 0.05) is 38.5 Å². The Morgan fingerprint density at radius 1 is 0.393 bits per heavy atom. The van der Waals surface area contributed by atoms with E-state index in [1.807, 2.05) is 18.2 Å². The lowest BCUT2D eigenvalue weighted by Crippen LogP contribution is -2.00. The Kier molecular flexibility index (Phi) is 7.46. The summed E-state index contributed by atoms with van der Waals surface area (Å²) in [5.74, 6) is 0.855. The summed E-state index contributed by atoms with van der Waals surface area (Å²) in [5.41, 5.74) is 15.3. The maximum absolute atomic E-state index is 6.72. The third kappa shape index (κ3) is 5.31. The summed E-state index contributed by atoms with van der Waals surface area (Å²) in [6, 6.07) is 70.1. The smallest absolute Gasteiger partial charge is 0.145 e. The van der Waals surface area contributed by atoms with Crippen LogP contribution in [0.1, 0.15) is 0 Å². The molecule has 0 amide bonds. The van der Waals surface area contributed by atoms with Crippen LogP contribution in [0, 0.1) is 0 Å². The standard InChI is InChI=1S/C52H33N3O/c1-5-15-34(16-6-1)39-29-30-47-44(31-39)45-33-40(35-17-7-2-8-18-35)32-43(51(45)56-47)36-25-27-38(28-26-36)52-54-49-42-23-13-14-24-46(42)53-48(37-19-9-3-10-20-37)50(49)55(52)41-21-11-4-12-22-41/h1-33H. The normalized spacial score (nSPS) is 11.6. The molecule has 0 aliphatic heterocycles. The van der Waals surface area contributed by atoms with E-state index in [1.165, 1.54) is 5.56 Å². The number of nitrogens with zero attached hydrogens (tertiary/aromatic N) is 3. The predicted octanol–water partition coefficient (Wildman–Crippen LogP) is 13.8. The molecule has 0 aliphatic carbocycles. The van der Waals surface area contributed by atoms with Crippen molar-refractivity contribution < 1.29 is 4.42 Å². The van der Waals surface area contributed by atoms with Crippen molar-refractivity contribution in [2.24, 2.45) is 0 Å². The van der Waals surface area contributed by atoms with Gasteiger partial charge in [-0.15, -0.1) is 0 Å². The lowest BCUT2D eigenvalue weighted by Gasteiger charge is -2.13. The second kappa shape index (κ2) is 13.1. The van der Waals surface area contributed by atoms with Crippen LogP contribution in [0.4, 0.5) is 0 Å². The molecule has 0 spiro atoms. The van der Waals surface area contributed by atoms with E-state index in [9.17, 15) is 0 Å². The van der Waals surface area contributed by atoms with Gasteiger partial charge in [0.15, 0.2) is 0 Å². The third-order valence-electron chi connectivity index (χ3n) is 10.8. The SMILES string of the molecule is c1ccc(-c2ccc3oc4c(-c5ccc(-c6nc7c8ccccc8nc(-c8ccccc8)c7n6-c6ccccc6)cc5)cc(-c5ccccc5)cc4c3c2)cc1. The highest BCUT2D eigenvalue weighted by molar-refractivity contribution is 6.13. The van der Waals surface area contributed by atoms with Crippen LogP contribution in [0.5, 0.6) is 0 Å². The summed E-state index contributed by atoms with van der Waals surface area (Å²) < 4.78 is 8.99. The number of pyridine rings is 1. The van der Waals surface area contributed by atoms with Crippen molar-refractivity contribution in [3.05, 3.63) is 200 Å². The number of imidazole rings is 1. The molecule has 0 N–H and O–H groups in total. The summed E-state index contributed by atoms with van der Waals surface area (Å²) in [7, 11) is 0. The molecule has 3 aromatic heterocycles. The van der Waals surface area contributed by atoms with E-state index >= 15 is 0 Å². The zero-order chi connectivity index (χ0) is 37.0. The van der Waals surface area contributed by atoms with Crippen LogP contribution >= 0.6 is 0 Å². The summed E-state index contributed by atoms with van der Waals surface area (Å²) in [6.07, 6.45) is 0. The maximum atomic E-state index is 6.72. The largest absolute Gasteiger partial charge is 0.455 e. The van der Waals surface area contributed by atoms with Crippen molar-refractivity contribution in [1.29, 1.82) is 0 Å². The molecule has 4 nitrogen and oxygen atoms in total. The molecule has 56 heavy (non-hydrogen) atoms. The van der Waals surface area contributed by atoms with Crippen molar-refractivity contribution in [2.75, 3.05) is 0 Å². The first-order valence-corrected chi connectivity index (χ1v) is 18.9. The van der Waals surface area contributed by atoms with Crippen LogP contribution in [0.2, 0.25) is 0 Å². The summed E-state index contributed by atoms with van der Waals surface area (Å²) in [6.45, 7) is 0. The number of rotatable bonds is 6. The Morgan fingerprint density at radius 3 is 1.68 bits per heavy atom. The minimum absolute atomic E-state index is 0.855. The number of hydrogen-bond donors (Lipinski definition) is 0.